The highest BCUT2D eigenvalue weighted by molar-refractivity contribution is 5.67. The molecule has 4 nitrogen and oxygen atoms in total. The molecule has 0 saturated carbocycles. The monoisotopic (exact) mass is 213 g/mol. The van der Waals surface area contributed by atoms with Gasteiger partial charge in [0.1, 0.15) is 17.7 Å². The predicted octanol–water partition coefficient (Wildman–Crippen LogP) is 1.65. The fraction of sp³-hybridized carbons (Fsp3) is 0.300. The first kappa shape index (κ1) is 11.3. The van der Waals surface area contributed by atoms with Gasteiger partial charge in [0, 0.05) is 6.07 Å². The first-order chi connectivity index (χ1) is 6.99. The van der Waals surface area contributed by atoms with Crippen LogP contribution >= 0.6 is 0 Å². The molecule has 0 aliphatic heterocycles. The predicted molar refractivity (Wildman–Crippen MR) is 53.2 cm³/mol. The van der Waals surface area contributed by atoms with Crippen molar-refractivity contribution in [3.05, 3.63) is 24.0 Å². The standard InChI is InChI=1S/C10H12FNO3/c1-6(4-10(13)14)15-9-5-7(11)2-3-8(9)12/h2-3,5-6H,4,12H2,1H3,(H,13,14). The van der Waals surface area contributed by atoms with Crippen molar-refractivity contribution in [3.8, 4) is 5.75 Å². The van der Waals surface area contributed by atoms with Gasteiger partial charge < -0.3 is 15.6 Å². The highest BCUT2D eigenvalue weighted by Crippen LogP contribution is 2.23. The minimum atomic E-state index is -0.975. The molecular formula is C10H12FNO3. The lowest BCUT2D eigenvalue weighted by molar-refractivity contribution is -0.138. The first-order valence-corrected chi connectivity index (χ1v) is 4.42. The Hall–Kier alpha value is -1.78. The second-order valence-electron chi connectivity index (χ2n) is 3.21. The Labute approximate surface area is 86.5 Å². The number of carbonyl (C=O) groups is 1. The maximum Gasteiger partial charge on any atom is 0.307 e. The summed E-state index contributed by atoms with van der Waals surface area (Å²) in [7, 11) is 0. The third-order valence-corrected chi connectivity index (χ3v) is 1.77. The topological polar surface area (TPSA) is 72.5 Å². The molecule has 0 spiro atoms. The molecule has 0 aliphatic rings. The summed E-state index contributed by atoms with van der Waals surface area (Å²) in [6, 6.07) is 3.72. The van der Waals surface area contributed by atoms with Crippen LogP contribution in [0.1, 0.15) is 13.3 Å². The molecule has 0 bridgehead atoms. The number of nitrogens with two attached hydrogens (primary N) is 1. The fourth-order valence-corrected chi connectivity index (χ4v) is 1.11. The first-order valence-electron chi connectivity index (χ1n) is 4.42. The zero-order valence-electron chi connectivity index (χ0n) is 8.24. The van der Waals surface area contributed by atoms with Gasteiger partial charge in [0.05, 0.1) is 12.1 Å². The van der Waals surface area contributed by atoms with Crippen molar-refractivity contribution in [1.82, 2.24) is 0 Å². The molecule has 15 heavy (non-hydrogen) atoms. The van der Waals surface area contributed by atoms with Gasteiger partial charge in [0.15, 0.2) is 0 Å². The molecule has 0 aromatic heterocycles. The van der Waals surface area contributed by atoms with Crippen LogP contribution in [-0.4, -0.2) is 17.2 Å². The number of aliphatic carboxylic acids is 1. The van der Waals surface area contributed by atoms with Crippen molar-refractivity contribution in [1.29, 1.82) is 0 Å². The summed E-state index contributed by atoms with van der Waals surface area (Å²) in [5, 5.41) is 8.50. The van der Waals surface area contributed by atoms with Gasteiger partial charge in [-0.1, -0.05) is 0 Å². The Kier molecular flexibility index (Phi) is 3.49. The van der Waals surface area contributed by atoms with Gasteiger partial charge in [0.2, 0.25) is 0 Å². The molecule has 1 aromatic carbocycles. The lowest BCUT2D eigenvalue weighted by Gasteiger charge is -2.14. The number of carboxylic acid groups (broad SMARTS) is 1. The summed E-state index contributed by atoms with van der Waals surface area (Å²) >= 11 is 0. The van der Waals surface area contributed by atoms with Crippen LogP contribution in [0.3, 0.4) is 0 Å². The molecule has 0 aliphatic carbocycles. The van der Waals surface area contributed by atoms with E-state index >= 15 is 0 Å². The zero-order chi connectivity index (χ0) is 11.4. The molecule has 0 amide bonds. The number of carboxylic acids is 1. The summed E-state index contributed by atoms with van der Waals surface area (Å²) in [5.41, 5.74) is 5.82. The van der Waals surface area contributed by atoms with E-state index in [1.165, 1.54) is 12.1 Å². The number of halogens is 1. The van der Waals surface area contributed by atoms with Crippen LogP contribution in [0.4, 0.5) is 10.1 Å². The Bertz CT molecular complexity index is 368. The summed E-state index contributed by atoms with van der Waals surface area (Å²) in [4.78, 5) is 10.4. The second kappa shape index (κ2) is 4.63. The van der Waals surface area contributed by atoms with Crippen LogP contribution in [0.5, 0.6) is 5.75 Å². The molecule has 1 rings (SSSR count). The van der Waals surface area contributed by atoms with E-state index in [2.05, 4.69) is 0 Å². The van der Waals surface area contributed by atoms with Crippen molar-refractivity contribution < 1.29 is 19.0 Å². The maximum absolute atomic E-state index is 12.8. The number of hydrogen-bond donors (Lipinski definition) is 2. The average molecular weight is 213 g/mol. The largest absolute Gasteiger partial charge is 0.488 e. The van der Waals surface area contributed by atoms with Crippen LogP contribution in [0.25, 0.3) is 0 Å². The third kappa shape index (κ3) is 3.46. The minimum Gasteiger partial charge on any atom is -0.488 e. The number of ether oxygens (including phenoxy) is 1. The molecule has 1 aromatic rings. The third-order valence-electron chi connectivity index (χ3n) is 1.77. The van der Waals surface area contributed by atoms with Gasteiger partial charge in [-0.25, -0.2) is 4.39 Å². The molecule has 82 valence electrons. The Balaban J connectivity index is 2.71. The molecule has 1 unspecified atom stereocenters. The van der Waals surface area contributed by atoms with E-state index in [9.17, 15) is 9.18 Å². The lowest BCUT2D eigenvalue weighted by Crippen LogP contribution is -2.17. The highest BCUT2D eigenvalue weighted by atomic mass is 19.1. The maximum atomic E-state index is 12.8. The molecule has 0 heterocycles. The fourth-order valence-electron chi connectivity index (χ4n) is 1.11. The van der Waals surface area contributed by atoms with Gasteiger partial charge in [-0.15, -0.1) is 0 Å². The van der Waals surface area contributed by atoms with E-state index in [0.29, 0.717) is 0 Å². The Morgan fingerprint density at radius 3 is 2.93 bits per heavy atom. The van der Waals surface area contributed by atoms with Crippen LogP contribution < -0.4 is 10.5 Å². The molecule has 0 radical (unpaired) electrons. The van der Waals surface area contributed by atoms with Gasteiger partial charge >= 0.3 is 5.97 Å². The van der Waals surface area contributed by atoms with Crippen molar-refractivity contribution >= 4 is 11.7 Å². The quantitative estimate of drug-likeness (QED) is 0.746. The van der Waals surface area contributed by atoms with E-state index in [1.807, 2.05) is 0 Å². The van der Waals surface area contributed by atoms with Crippen LogP contribution in [0.15, 0.2) is 18.2 Å². The van der Waals surface area contributed by atoms with Gasteiger partial charge in [-0.2, -0.15) is 0 Å². The van der Waals surface area contributed by atoms with Crippen molar-refractivity contribution in [2.24, 2.45) is 0 Å². The number of nitrogen functional groups attached to an aromatic ring is 1. The second-order valence-corrected chi connectivity index (χ2v) is 3.21. The Morgan fingerprint density at radius 2 is 2.33 bits per heavy atom. The number of rotatable bonds is 4. The zero-order valence-corrected chi connectivity index (χ0v) is 8.24. The van der Waals surface area contributed by atoms with E-state index in [4.69, 9.17) is 15.6 Å². The van der Waals surface area contributed by atoms with Crippen molar-refractivity contribution in [2.75, 3.05) is 5.73 Å². The normalized spacial score (nSPS) is 12.1. The van der Waals surface area contributed by atoms with E-state index < -0.39 is 17.9 Å². The summed E-state index contributed by atoms with van der Waals surface area (Å²) in [6.07, 6.45) is -0.706. The summed E-state index contributed by atoms with van der Waals surface area (Å²) < 4.78 is 18.0. The molecular weight excluding hydrogens is 201 g/mol. The molecule has 0 fully saturated rings. The average Bonchev–Trinajstić information content (AvgIpc) is 2.10. The van der Waals surface area contributed by atoms with Crippen molar-refractivity contribution in [2.45, 2.75) is 19.4 Å². The SMILES string of the molecule is CC(CC(=O)O)Oc1cc(F)ccc1N. The van der Waals surface area contributed by atoms with Crippen molar-refractivity contribution in [3.63, 3.8) is 0 Å². The molecule has 3 N–H and O–H groups in total. The molecule has 5 heteroatoms. The van der Waals surface area contributed by atoms with E-state index in [1.54, 1.807) is 6.92 Å². The number of hydrogen-bond acceptors (Lipinski definition) is 3. The van der Waals surface area contributed by atoms with Crippen LogP contribution in [-0.2, 0) is 4.79 Å². The highest BCUT2D eigenvalue weighted by Gasteiger charge is 2.11. The van der Waals surface area contributed by atoms with Gasteiger partial charge in [-0.05, 0) is 19.1 Å². The van der Waals surface area contributed by atoms with Crippen LogP contribution in [0, 0.1) is 5.82 Å². The smallest absolute Gasteiger partial charge is 0.307 e. The summed E-state index contributed by atoms with van der Waals surface area (Å²) in [6.45, 7) is 1.58. The van der Waals surface area contributed by atoms with Crippen LogP contribution in [0.2, 0.25) is 0 Å². The Morgan fingerprint density at radius 1 is 1.67 bits per heavy atom. The molecule has 0 saturated heterocycles. The lowest BCUT2D eigenvalue weighted by atomic mass is 10.2. The summed E-state index contributed by atoms with van der Waals surface area (Å²) in [5.74, 6) is -1.28. The number of anilines is 1. The van der Waals surface area contributed by atoms with E-state index in [-0.39, 0.29) is 17.9 Å². The van der Waals surface area contributed by atoms with Gasteiger partial charge in [0.25, 0.3) is 0 Å². The molecule has 1 atom stereocenters. The van der Waals surface area contributed by atoms with Gasteiger partial charge in [-0.3, -0.25) is 4.79 Å². The van der Waals surface area contributed by atoms with E-state index in [0.717, 1.165) is 6.07 Å². The minimum absolute atomic E-state index is 0.157. The number of benzene rings is 1.